The zero-order valence-electron chi connectivity index (χ0n) is 6.19. The Morgan fingerprint density at radius 3 is 3.09 bits per heavy atom. The van der Waals surface area contributed by atoms with Crippen molar-refractivity contribution in [3.05, 3.63) is 24.0 Å². The van der Waals surface area contributed by atoms with Gasteiger partial charge in [0.1, 0.15) is 0 Å². The molecule has 1 N–H and O–H groups in total. The number of carbonyl (C=O) groups excluding carboxylic acids is 1. The summed E-state index contributed by atoms with van der Waals surface area (Å²) in [5.41, 5.74) is 3.13. The average Bonchev–Trinajstić information content (AvgIpc) is 2.37. The molecule has 1 rings (SSSR count). The summed E-state index contributed by atoms with van der Waals surface area (Å²) in [6.07, 6.45) is 4.01. The highest BCUT2D eigenvalue weighted by atomic mass is 16.1. The van der Waals surface area contributed by atoms with Gasteiger partial charge in [-0.25, -0.2) is 5.43 Å². The van der Waals surface area contributed by atoms with Crippen LogP contribution in [-0.4, -0.2) is 17.2 Å². The van der Waals surface area contributed by atoms with E-state index < -0.39 is 0 Å². The van der Waals surface area contributed by atoms with Crippen LogP contribution in [-0.2, 0) is 11.8 Å². The minimum absolute atomic E-state index is 0.527. The lowest BCUT2D eigenvalue weighted by Gasteiger charge is -1.93. The van der Waals surface area contributed by atoms with Gasteiger partial charge in [-0.05, 0) is 12.1 Å². The first kappa shape index (κ1) is 7.53. The first-order valence-corrected chi connectivity index (χ1v) is 3.18. The first-order valence-electron chi connectivity index (χ1n) is 3.18. The van der Waals surface area contributed by atoms with Crippen LogP contribution in [0.15, 0.2) is 23.4 Å². The second-order valence-corrected chi connectivity index (χ2v) is 2.05. The Hall–Kier alpha value is -1.58. The summed E-state index contributed by atoms with van der Waals surface area (Å²) in [5.74, 6) is 0. The summed E-state index contributed by atoms with van der Waals surface area (Å²) in [5, 5.41) is 3.63. The summed E-state index contributed by atoms with van der Waals surface area (Å²) in [4.78, 5) is 9.79. The molecular formula is C7H9N3O. The minimum Gasteiger partial charge on any atom is -0.350 e. The predicted molar refractivity (Wildman–Crippen MR) is 42.2 cm³/mol. The first-order chi connectivity index (χ1) is 5.34. The maximum Gasteiger partial charge on any atom is 0.227 e. The molecule has 0 unspecified atom stereocenters. The van der Waals surface area contributed by atoms with Crippen molar-refractivity contribution < 1.29 is 4.79 Å². The maximum atomic E-state index is 9.79. The minimum atomic E-state index is 0.527. The second-order valence-electron chi connectivity index (χ2n) is 2.05. The Balaban J connectivity index is 2.63. The van der Waals surface area contributed by atoms with Crippen LogP contribution < -0.4 is 5.43 Å². The number of aryl methyl sites for hydroxylation is 1. The molecule has 1 aromatic heterocycles. The SMILES string of the molecule is Cn1cccc1/C=N/NC=O. The van der Waals surface area contributed by atoms with Gasteiger partial charge in [0.05, 0.1) is 11.9 Å². The molecule has 0 radical (unpaired) electrons. The zero-order chi connectivity index (χ0) is 8.10. The number of amides is 1. The van der Waals surface area contributed by atoms with E-state index in [4.69, 9.17) is 0 Å². The third-order valence-electron chi connectivity index (χ3n) is 1.31. The van der Waals surface area contributed by atoms with Crippen molar-refractivity contribution in [3.8, 4) is 0 Å². The molecule has 4 heteroatoms. The Bertz CT molecular complexity index is 264. The third-order valence-corrected chi connectivity index (χ3v) is 1.31. The highest BCUT2D eigenvalue weighted by molar-refractivity contribution is 5.77. The molecule has 0 saturated carbocycles. The molecule has 1 heterocycles. The van der Waals surface area contributed by atoms with E-state index in [0.717, 1.165) is 5.69 Å². The van der Waals surface area contributed by atoms with Crippen molar-refractivity contribution in [3.63, 3.8) is 0 Å². The van der Waals surface area contributed by atoms with Gasteiger partial charge >= 0.3 is 0 Å². The largest absolute Gasteiger partial charge is 0.350 e. The van der Waals surface area contributed by atoms with Crippen molar-refractivity contribution in [2.75, 3.05) is 0 Å². The highest BCUT2D eigenvalue weighted by Crippen LogP contribution is 1.93. The quantitative estimate of drug-likeness (QED) is 0.372. The summed E-state index contributed by atoms with van der Waals surface area (Å²) in [6.45, 7) is 0. The van der Waals surface area contributed by atoms with Crippen LogP contribution >= 0.6 is 0 Å². The molecule has 0 aliphatic rings. The van der Waals surface area contributed by atoms with E-state index in [1.54, 1.807) is 6.21 Å². The fraction of sp³-hybridized carbons (Fsp3) is 0.143. The summed E-state index contributed by atoms with van der Waals surface area (Å²) < 4.78 is 1.90. The number of rotatable bonds is 3. The van der Waals surface area contributed by atoms with E-state index in [2.05, 4.69) is 10.5 Å². The third kappa shape index (κ3) is 1.93. The van der Waals surface area contributed by atoms with Gasteiger partial charge in [0, 0.05) is 13.2 Å². The molecule has 1 amide bonds. The number of nitrogens with one attached hydrogen (secondary N) is 1. The lowest BCUT2D eigenvalue weighted by Crippen LogP contribution is -2.02. The molecule has 0 bridgehead atoms. The van der Waals surface area contributed by atoms with Crippen LogP contribution in [0.4, 0.5) is 0 Å². The van der Waals surface area contributed by atoms with E-state index in [1.165, 1.54) is 0 Å². The molecule has 0 saturated heterocycles. The average molecular weight is 151 g/mol. The van der Waals surface area contributed by atoms with Gasteiger partial charge in [0.2, 0.25) is 6.41 Å². The van der Waals surface area contributed by atoms with E-state index in [0.29, 0.717) is 6.41 Å². The van der Waals surface area contributed by atoms with Gasteiger partial charge in [-0.1, -0.05) is 0 Å². The van der Waals surface area contributed by atoms with E-state index in [1.807, 2.05) is 29.9 Å². The molecule has 0 fully saturated rings. The van der Waals surface area contributed by atoms with Crippen LogP contribution in [0, 0.1) is 0 Å². The highest BCUT2D eigenvalue weighted by Gasteiger charge is 1.89. The molecule has 1 aromatic rings. The summed E-state index contributed by atoms with van der Waals surface area (Å²) in [7, 11) is 1.91. The fourth-order valence-electron chi connectivity index (χ4n) is 0.742. The van der Waals surface area contributed by atoms with Gasteiger partial charge in [-0.2, -0.15) is 5.10 Å². The van der Waals surface area contributed by atoms with Crippen LogP contribution in [0.1, 0.15) is 5.69 Å². The molecule has 0 aliphatic heterocycles. The normalized spacial score (nSPS) is 10.3. The van der Waals surface area contributed by atoms with Crippen LogP contribution in [0.5, 0.6) is 0 Å². The Morgan fingerprint density at radius 2 is 2.55 bits per heavy atom. The topological polar surface area (TPSA) is 46.4 Å². The number of hydrogen-bond acceptors (Lipinski definition) is 2. The van der Waals surface area contributed by atoms with Crippen LogP contribution in [0.25, 0.3) is 0 Å². The van der Waals surface area contributed by atoms with Crippen molar-refractivity contribution >= 4 is 12.6 Å². The lowest BCUT2D eigenvalue weighted by molar-refractivity contribution is -0.109. The number of hydrazone groups is 1. The molecular weight excluding hydrogens is 142 g/mol. The van der Waals surface area contributed by atoms with Gasteiger partial charge in [0.25, 0.3) is 0 Å². The fourth-order valence-corrected chi connectivity index (χ4v) is 0.742. The van der Waals surface area contributed by atoms with E-state index >= 15 is 0 Å². The zero-order valence-corrected chi connectivity index (χ0v) is 6.19. The molecule has 0 spiro atoms. The van der Waals surface area contributed by atoms with Gasteiger partial charge in [-0.3, -0.25) is 4.79 Å². The van der Waals surface area contributed by atoms with Crippen LogP contribution in [0.3, 0.4) is 0 Å². The van der Waals surface area contributed by atoms with Gasteiger partial charge in [-0.15, -0.1) is 0 Å². The molecule has 11 heavy (non-hydrogen) atoms. The molecule has 0 atom stereocenters. The number of nitrogens with zero attached hydrogens (tertiary/aromatic N) is 2. The molecule has 4 nitrogen and oxygen atoms in total. The van der Waals surface area contributed by atoms with E-state index in [9.17, 15) is 4.79 Å². The Labute approximate surface area is 64.5 Å². The molecule has 58 valence electrons. The number of hydrogen-bond donors (Lipinski definition) is 1. The van der Waals surface area contributed by atoms with Gasteiger partial charge < -0.3 is 4.57 Å². The second kappa shape index (κ2) is 3.55. The van der Waals surface area contributed by atoms with Crippen molar-refractivity contribution in [2.45, 2.75) is 0 Å². The number of aromatic nitrogens is 1. The van der Waals surface area contributed by atoms with Crippen molar-refractivity contribution in [2.24, 2.45) is 12.1 Å². The smallest absolute Gasteiger partial charge is 0.227 e. The summed E-state index contributed by atoms with van der Waals surface area (Å²) >= 11 is 0. The summed E-state index contributed by atoms with van der Waals surface area (Å²) in [6, 6.07) is 3.80. The maximum absolute atomic E-state index is 9.79. The lowest BCUT2D eigenvalue weighted by atomic mass is 10.5. The molecule has 0 aromatic carbocycles. The standard InChI is InChI=1S/C7H9N3O/c1-10-4-2-3-7(10)5-8-9-6-11/h2-6H,1H3,(H,9,11)/b8-5+. The predicted octanol–water partition coefficient (Wildman–Crippen LogP) is 0.105. The van der Waals surface area contributed by atoms with Crippen LogP contribution in [0.2, 0.25) is 0 Å². The monoisotopic (exact) mass is 151 g/mol. The van der Waals surface area contributed by atoms with Crippen molar-refractivity contribution in [1.29, 1.82) is 0 Å². The van der Waals surface area contributed by atoms with E-state index in [-0.39, 0.29) is 0 Å². The Kier molecular flexibility index (Phi) is 2.43. The number of carbonyl (C=O) groups is 1. The Morgan fingerprint density at radius 1 is 1.73 bits per heavy atom. The van der Waals surface area contributed by atoms with Gasteiger partial charge in [0.15, 0.2) is 0 Å². The van der Waals surface area contributed by atoms with Crippen molar-refractivity contribution in [1.82, 2.24) is 9.99 Å². The molecule has 0 aliphatic carbocycles.